The summed E-state index contributed by atoms with van der Waals surface area (Å²) in [5.74, 6) is 2.13. The molecular weight excluding hydrogens is 332 g/mol. The summed E-state index contributed by atoms with van der Waals surface area (Å²) in [7, 11) is 1.63. The van der Waals surface area contributed by atoms with Crippen LogP contribution in [0.2, 0.25) is 0 Å². The van der Waals surface area contributed by atoms with Gasteiger partial charge in [0.05, 0.1) is 0 Å². The minimum absolute atomic E-state index is 0.0548. The molecule has 1 aliphatic heterocycles. The summed E-state index contributed by atoms with van der Waals surface area (Å²) in [6.45, 7) is 1.88. The van der Waals surface area contributed by atoms with Crippen molar-refractivity contribution < 1.29 is 14.1 Å². The van der Waals surface area contributed by atoms with Crippen molar-refractivity contribution in [3.8, 4) is 0 Å². The Morgan fingerprint density at radius 1 is 1.27 bits per heavy atom. The number of likely N-dealkylation sites (tertiary alicyclic amines) is 1. The van der Waals surface area contributed by atoms with Gasteiger partial charge in [-0.25, -0.2) is 4.79 Å². The number of rotatable bonds is 6. The summed E-state index contributed by atoms with van der Waals surface area (Å²) >= 11 is 0. The molecule has 144 valence electrons. The van der Waals surface area contributed by atoms with Gasteiger partial charge < -0.3 is 19.5 Å². The SMILES string of the molecule is COCc1nc(C2(CC3CC3)CCN(C(=O)NC3CCCC3)CC2)no1. The Morgan fingerprint density at radius 2 is 2.00 bits per heavy atom. The van der Waals surface area contributed by atoms with E-state index < -0.39 is 0 Å². The average molecular weight is 362 g/mol. The maximum atomic E-state index is 12.6. The normalized spacial score (nSPS) is 23.3. The van der Waals surface area contributed by atoms with Crippen molar-refractivity contribution in [1.29, 1.82) is 0 Å². The maximum Gasteiger partial charge on any atom is 0.317 e. The molecule has 3 fully saturated rings. The monoisotopic (exact) mass is 362 g/mol. The number of ether oxygens (including phenoxy) is 1. The molecule has 0 spiro atoms. The van der Waals surface area contributed by atoms with Crippen molar-refractivity contribution in [3.63, 3.8) is 0 Å². The molecule has 26 heavy (non-hydrogen) atoms. The van der Waals surface area contributed by atoms with Gasteiger partial charge in [-0.15, -0.1) is 0 Å². The minimum atomic E-state index is -0.0548. The van der Waals surface area contributed by atoms with Crippen LogP contribution in [-0.4, -0.2) is 47.3 Å². The van der Waals surface area contributed by atoms with Crippen molar-refractivity contribution in [1.82, 2.24) is 20.4 Å². The Kier molecular flexibility index (Phi) is 5.16. The van der Waals surface area contributed by atoms with Crippen LogP contribution in [0.4, 0.5) is 4.79 Å². The smallest absolute Gasteiger partial charge is 0.317 e. The molecule has 0 unspecified atom stereocenters. The van der Waals surface area contributed by atoms with E-state index in [1.807, 2.05) is 4.90 Å². The van der Waals surface area contributed by atoms with Gasteiger partial charge in [-0.3, -0.25) is 0 Å². The molecule has 0 atom stereocenters. The van der Waals surface area contributed by atoms with Crippen LogP contribution >= 0.6 is 0 Å². The zero-order valence-corrected chi connectivity index (χ0v) is 15.7. The van der Waals surface area contributed by atoms with Crippen molar-refractivity contribution in [2.75, 3.05) is 20.2 Å². The first-order valence-electron chi connectivity index (χ1n) is 10.1. The molecule has 1 saturated heterocycles. The fourth-order valence-electron chi connectivity index (χ4n) is 4.52. The van der Waals surface area contributed by atoms with Crippen LogP contribution in [-0.2, 0) is 16.8 Å². The molecule has 1 aromatic heterocycles. The highest BCUT2D eigenvalue weighted by atomic mass is 16.5. The molecule has 4 rings (SSSR count). The number of carbonyl (C=O) groups is 1. The number of aromatic nitrogens is 2. The highest BCUT2D eigenvalue weighted by Crippen LogP contribution is 2.46. The molecule has 0 aromatic carbocycles. The van der Waals surface area contributed by atoms with Crippen LogP contribution in [0.1, 0.15) is 69.5 Å². The van der Waals surface area contributed by atoms with Crippen LogP contribution in [0.15, 0.2) is 4.52 Å². The highest BCUT2D eigenvalue weighted by Gasteiger charge is 2.44. The van der Waals surface area contributed by atoms with Gasteiger partial charge in [0, 0.05) is 31.7 Å². The average Bonchev–Trinajstić information content (AvgIpc) is 3.10. The molecule has 1 aromatic rings. The van der Waals surface area contributed by atoms with Gasteiger partial charge in [0.1, 0.15) is 6.61 Å². The lowest BCUT2D eigenvalue weighted by Gasteiger charge is -2.40. The van der Waals surface area contributed by atoms with Crippen LogP contribution in [0.5, 0.6) is 0 Å². The number of amides is 2. The Bertz CT molecular complexity index is 614. The van der Waals surface area contributed by atoms with E-state index in [0.29, 0.717) is 18.5 Å². The predicted octanol–water partition coefficient (Wildman–Crippen LogP) is 3.00. The third kappa shape index (κ3) is 3.87. The number of methoxy groups -OCH3 is 1. The Balaban J connectivity index is 1.41. The quantitative estimate of drug-likeness (QED) is 0.841. The summed E-state index contributed by atoms with van der Waals surface area (Å²) in [4.78, 5) is 19.2. The summed E-state index contributed by atoms with van der Waals surface area (Å²) < 4.78 is 10.5. The van der Waals surface area contributed by atoms with E-state index in [1.54, 1.807) is 7.11 Å². The largest absolute Gasteiger partial charge is 0.375 e. The molecule has 7 nitrogen and oxygen atoms in total. The van der Waals surface area contributed by atoms with Crippen molar-refractivity contribution in [2.45, 2.75) is 75.9 Å². The van der Waals surface area contributed by atoms with Crippen molar-refractivity contribution >= 4 is 6.03 Å². The summed E-state index contributed by atoms with van der Waals surface area (Å²) in [6.07, 6.45) is 10.2. The predicted molar refractivity (Wildman–Crippen MR) is 95.6 cm³/mol. The van der Waals surface area contributed by atoms with E-state index in [1.165, 1.54) is 25.7 Å². The second kappa shape index (κ2) is 7.55. The van der Waals surface area contributed by atoms with Gasteiger partial charge in [0.2, 0.25) is 0 Å². The van der Waals surface area contributed by atoms with Crippen molar-refractivity contribution in [3.05, 3.63) is 11.7 Å². The minimum Gasteiger partial charge on any atom is -0.375 e. The van der Waals surface area contributed by atoms with Gasteiger partial charge in [-0.05, 0) is 38.0 Å². The molecule has 1 N–H and O–H groups in total. The molecule has 3 aliphatic rings. The molecule has 2 heterocycles. The van der Waals surface area contributed by atoms with Crippen molar-refractivity contribution in [2.24, 2.45) is 5.92 Å². The Morgan fingerprint density at radius 3 is 2.65 bits per heavy atom. The standard InChI is InChI=1S/C19H30N4O3/c1-25-13-16-21-17(22-26-16)19(12-14-6-7-14)8-10-23(11-9-19)18(24)20-15-4-2-3-5-15/h14-15H,2-13H2,1H3,(H,20,24). The third-order valence-corrected chi connectivity index (χ3v) is 6.28. The van der Waals surface area contributed by atoms with E-state index in [0.717, 1.165) is 56.9 Å². The number of nitrogens with zero attached hydrogens (tertiary/aromatic N) is 3. The lowest BCUT2D eigenvalue weighted by Crippen LogP contribution is -2.51. The Labute approximate surface area is 154 Å². The van der Waals surface area contributed by atoms with Crippen LogP contribution < -0.4 is 5.32 Å². The van der Waals surface area contributed by atoms with Crippen LogP contribution in [0.3, 0.4) is 0 Å². The molecular formula is C19H30N4O3. The Hall–Kier alpha value is -1.63. The maximum absolute atomic E-state index is 12.6. The number of piperidine rings is 1. The lowest BCUT2D eigenvalue weighted by atomic mass is 9.73. The number of nitrogens with one attached hydrogen (secondary N) is 1. The summed E-state index contributed by atoms with van der Waals surface area (Å²) in [6, 6.07) is 0.472. The summed E-state index contributed by atoms with van der Waals surface area (Å²) in [5, 5.41) is 7.49. The molecule has 2 amide bonds. The first-order chi connectivity index (χ1) is 12.7. The van der Waals surface area contributed by atoms with Crippen LogP contribution in [0, 0.1) is 5.92 Å². The number of carbonyl (C=O) groups excluding carboxylic acids is 1. The second-order valence-electron chi connectivity index (χ2n) is 8.29. The molecule has 7 heteroatoms. The zero-order chi connectivity index (χ0) is 18.0. The fourth-order valence-corrected chi connectivity index (χ4v) is 4.52. The summed E-state index contributed by atoms with van der Waals surface area (Å²) in [5.41, 5.74) is -0.0548. The fraction of sp³-hybridized carbons (Fsp3) is 0.842. The molecule has 0 radical (unpaired) electrons. The zero-order valence-electron chi connectivity index (χ0n) is 15.7. The molecule has 0 bridgehead atoms. The highest BCUT2D eigenvalue weighted by molar-refractivity contribution is 5.74. The van der Waals surface area contributed by atoms with E-state index in [2.05, 4.69) is 15.5 Å². The molecule has 2 aliphatic carbocycles. The van der Waals surface area contributed by atoms with E-state index in [9.17, 15) is 4.79 Å². The van der Waals surface area contributed by atoms with Crippen LogP contribution in [0.25, 0.3) is 0 Å². The third-order valence-electron chi connectivity index (χ3n) is 6.28. The van der Waals surface area contributed by atoms with Gasteiger partial charge in [-0.1, -0.05) is 30.8 Å². The van der Waals surface area contributed by atoms with E-state index in [-0.39, 0.29) is 11.4 Å². The van der Waals surface area contributed by atoms with E-state index in [4.69, 9.17) is 9.26 Å². The topological polar surface area (TPSA) is 80.5 Å². The first kappa shape index (κ1) is 17.8. The van der Waals surface area contributed by atoms with Gasteiger partial charge in [-0.2, -0.15) is 4.98 Å². The lowest BCUT2D eigenvalue weighted by molar-refractivity contribution is 0.141. The van der Waals surface area contributed by atoms with Gasteiger partial charge in [0.25, 0.3) is 5.89 Å². The number of hydrogen-bond donors (Lipinski definition) is 1. The second-order valence-corrected chi connectivity index (χ2v) is 8.29. The van der Waals surface area contributed by atoms with E-state index >= 15 is 0 Å². The van der Waals surface area contributed by atoms with Gasteiger partial charge >= 0.3 is 6.03 Å². The molecule has 2 saturated carbocycles. The van der Waals surface area contributed by atoms with Gasteiger partial charge in [0.15, 0.2) is 5.82 Å². The number of urea groups is 1. The number of hydrogen-bond acceptors (Lipinski definition) is 5. The first-order valence-corrected chi connectivity index (χ1v) is 10.1.